The van der Waals surface area contributed by atoms with E-state index in [1.54, 1.807) is 31.2 Å². The highest BCUT2D eigenvalue weighted by Crippen LogP contribution is 2.43. The summed E-state index contributed by atoms with van der Waals surface area (Å²) in [6.45, 7) is 1.80. The van der Waals surface area contributed by atoms with E-state index >= 15 is 0 Å². The van der Waals surface area contributed by atoms with Crippen LogP contribution in [0.25, 0.3) is 0 Å². The van der Waals surface area contributed by atoms with Crippen LogP contribution < -0.4 is 15.5 Å². The fourth-order valence-electron chi connectivity index (χ4n) is 3.91. The highest BCUT2D eigenvalue weighted by molar-refractivity contribution is 7.18. The third kappa shape index (κ3) is 4.82. The lowest BCUT2D eigenvalue weighted by Crippen LogP contribution is -2.29. The summed E-state index contributed by atoms with van der Waals surface area (Å²) in [5.74, 6) is 0.270. The SMILES string of the molecule is C/C(=N/NC(=O)C1c2ccccc2Oc2ccccc21)c1cccc(NC(=O)c2ccc(Cl)s2)c1. The predicted molar refractivity (Wildman–Crippen MR) is 139 cm³/mol. The molecule has 5 rings (SSSR count). The molecule has 8 heteroatoms. The number of amides is 2. The summed E-state index contributed by atoms with van der Waals surface area (Å²) >= 11 is 7.14. The Labute approximate surface area is 211 Å². The number of carbonyl (C=O) groups excluding carboxylic acids is 2. The number of para-hydroxylation sites is 2. The molecule has 2 N–H and O–H groups in total. The van der Waals surface area contributed by atoms with Crippen LogP contribution in [0.1, 0.15) is 39.2 Å². The van der Waals surface area contributed by atoms with Gasteiger partial charge in [-0.3, -0.25) is 9.59 Å². The van der Waals surface area contributed by atoms with Crippen LogP contribution in [-0.4, -0.2) is 17.5 Å². The van der Waals surface area contributed by atoms with Crippen molar-refractivity contribution in [2.45, 2.75) is 12.8 Å². The highest BCUT2D eigenvalue weighted by Gasteiger charge is 2.32. The van der Waals surface area contributed by atoms with Crippen LogP contribution in [0.2, 0.25) is 4.34 Å². The molecule has 0 fully saturated rings. The number of rotatable bonds is 5. The minimum atomic E-state index is -0.545. The molecule has 0 bridgehead atoms. The number of nitrogens with zero attached hydrogens (tertiary/aromatic N) is 1. The predicted octanol–water partition coefficient (Wildman–Crippen LogP) is 6.43. The second-order valence-corrected chi connectivity index (χ2v) is 9.64. The molecule has 174 valence electrons. The number of nitrogens with one attached hydrogen (secondary N) is 2. The van der Waals surface area contributed by atoms with Crippen LogP contribution in [0.15, 0.2) is 90.0 Å². The number of halogens is 1. The van der Waals surface area contributed by atoms with Crippen molar-refractivity contribution >= 4 is 46.2 Å². The molecule has 0 unspecified atom stereocenters. The van der Waals surface area contributed by atoms with E-state index < -0.39 is 5.92 Å². The number of anilines is 1. The first kappa shape index (κ1) is 22.8. The van der Waals surface area contributed by atoms with Gasteiger partial charge in [-0.15, -0.1) is 11.3 Å². The van der Waals surface area contributed by atoms with Crippen molar-refractivity contribution in [3.63, 3.8) is 0 Å². The van der Waals surface area contributed by atoms with Crippen molar-refractivity contribution in [1.82, 2.24) is 5.43 Å². The fraction of sp³-hybridized carbons (Fsp3) is 0.0741. The highest BCUT2D eigenvalue weighted by atomic mass is 35.5. The van der Waals surface area contributed by atoms with Crippen LogP contribution in [0.4, 0.5) is 5.69 Å². The summed E-state index contributed by atoms with van der Waals surface area (Å²) in [6, 6.07) is 25.6. The van der Waals surface area contributed by atoms with E-state index in [4.69, 9.17) is 16.3 Å². The Morgan fingerprint density at radius 1 is 0.914 bits per heavy atom. The largest absolute Gasteiger partial charge is 0.457 e. The minimum absolute atomic E-state index is 0.237. The molecule has 1 aromatic heterocycles. The summed E-state index contributed by atoms with van der Waals surface area (Å²) in [7, 11) is 0. The van der Waals surface area contributed by atoms with Gasteiger partial charge in [0.2, 0.25) is 0 Å². The molecule has 3 aromatic carbocycles. The van der Waals surface area contributed by atoms with Gasteiger partial charge in [0.25, 0.3) is 11.8 Å². The van der Waals surface area contributed by atoms with Gasteiger partial charge in [0, 0.05) is 16.8 Å². The molecule has 2 heterocycles. The van der Waals surface area contributed by atoms with Gasteiger partial charge in [-0.1, -0.05) is 60.1 Å². The second-order valence-electron chi connectivity index (χ2n) is 7.92. The molecule has 0 spiro atoms. The van der Waals surface area contributed by atoms with E-state index in [1.165, 1.54) is 11.3 Å². The molecule has 0 aliphatic carbocycles. The van der Waals surface area contributed by atoms with Crippen molar-refractivity contribution in [2.75, 3.05) is 5.32 Å². The fourth-order valence-corrected chi connectivity index (χ4v) is 4.85. The average molecular weight is 502 g/mol. The van der Waals surface area contributed by atoms with Crippen molar-refractivity contribution < 1.29 is 14.3 Å². The van der Waals surface area contributed by atoms with Gasteiger partial charge in [-0.05, 0) is 48.9 Å². The summed E-state index contributed by atoms with van der Waals surface area (Å²) in [5, 5.41) is 7.21. The zero-order chi connectivity index (χ0) is 24.4. The molecule has 2 amide bonds. The maximum Gasteiger partial charge on any atom is 0.265 e. The molecule has 0 radical (unpaired) electrons. The van der Waals surface area contributed by atoms with Crippen LogP contribution in [0.5, 0.6) is 11.5 Å². The van der Waals surface area contributed by atoms with E-state index in [9.17, 15) is 9.59 Å². The van der Waals surface area contributed by atoms with E-state index in [0.29, 0.717) is 32.1 Å². The zero-order valence-corrected chi connectivity index (χ0v) is 20.2. The third-order valence-corrected chi connectivity index (χ3v) is 6.84. The first-order valence-electron chi connectivity index (χ1n) is 10.9. The average Bonchev–Trinajstić information content (AvgIpc) is 3.32. The zero-order valence-electron chi connectivity index (χ0n) is 18.6. The Hall–Kier alpha value is -3.94. The molecule has 1 aliphatic rings. The number of thiophene rings is 1. The maximum atomic E-state index is 13.3. The number of hydrogen-bond acceptors (Lipinski definition) is 5. The summed E-state index contributed by atoms with van der Waals surface area (Å²) in [6.07, 6.45) is 0. The van der Waals surface area contributed by atoms with Gasteiger partial charge >= 0.3 is 0 Å². The Morgan fingerprint density at radius 2 is 1.60 bits per heavy atom. The Morgan fingerprint density at radius 3 is 2.26 bits per heavy atom. The Bertz CT molecular complexity index is 1420. The number of fused-ring (bicyclic) bond motifs is 2. The van der Waals surface area contributed by atoms with Crippen molar-refractivity contribution in [1.29, 1.82) is 0 Å². The lowest BCUT2D eigenvalue weighted by molar-refractivity contribution is -0.121. The maximum absolute atomic E-state index is 13.3. The van der Waals surface area contributed by atoms with E-state index in [1.807, 2.05) is 60.7 Å². The van der Waals surface area contributed by atoms with Gasteiger partial charge in [0.1, 0.15) is 11.5 Å². The van der Waals surface area contributed by atoms with Crippen molar-refractivity contribution in [3.05, 3.63) is 111 Å². The molecule has 1 aliphatic heterocycles. The molecular weight excluding hydrogens is 482 g/mol. The lowest BCUT2D eigenvalue weighted by atomic mass is 9.87. The number of hydrogen-bond donors (Lipinski definition) is 2. The number of hydrazone groups is 1. The molecular formula is C27H20ClN3O3S. The van der Waals surface area contributed by atoms with Crippen LogP contribution in [0, 0.1) is 0 Å². The van der Waals surface area contributed by atoms with E-state index in [2.05, 4.69) is 15.8 Å². The Balaban J connectivity index is 1.34. The number of benzene rings is 3. The quantitative estimate of drug-likeness (QED) is 0.244. The normalized spacial score (nSPS) is 12.8. The minimum Gasteiger partial charge on any atom is -0.457 e. The molecule has 35 heavy (non-hydrogen) atoms. The van der Waals surface area contributed by atoms with E-state index in [0.717, 1.165) is 16.7 Å². The van der Waals surface area contributed by atoms with Gasteiger partial charge in [0.15, 0.2) is 0 Å². The van der Waals surface area contributed by atoms with Gasteiger partial charge in [-0.2, -0.15) is 5.10 Å². The Kier molecular flexibility index (Phi) is 6.35. The van der Waals surface area contributed by atoms with Crippen LogP contribution in [-0.2, 0) is 4.79 Å². The van der Waals surface area contributed by atoms with Gasteiger partial charge < -0.3 is 10.1 Å². The monoisotopic (exact) mass is 501 g/mol. The lowest BCUT2D eigenvalue weighted by Gasteiger charge is -2.26. The molecule has 6 nitrogen and oxygen atoms in total. The summed E-state index contributed by atoms with van der Waals surface area (Å²) < 4.78 is 6.53. The first-order valence-corrected chi connectivity index (χ1v) is 12.1. The molecule has 0 saturated heterocycles. The van der Waals surface area contributed by atoms with Crippen molar-refractivity contribution in [2.24, 2.45) is 5.10 Å². The molecule has 4 aromatic rings. The summed E-state index contributed by atoms with van der Waals surface area (Å²) in [5.41, 5.74) is 6.27. The second kappa shape index (κ2) is 9.74. The first-order chi connectivity index (χ1) is 17.0. The molecule has 0 saturated carbocycles. The van der Waals surface area contributed by atoms with Crippen LogP contribution in [0.3, 0.4) is 0 Å². The number of carbonyl (C=O) groups is 2. The third-order valence-electron chi connectivity index (χ3n) is 5.61. The van der Waals surface area contributed by atoms with E-state index in [-0.39, 0.29) is 11.8 Å². The number of ether oxygens (including phenoxy) is 1. The van der Waals surface area contributed by atoms with Gasteiger partial charge in [0.05, 0.1) is 20.8 Å². The topological polar surface area (TPSA) is 79.8 Å². The standard InChI is InChI=1S/C27H20ClN3O3S/c1-16(17-7-6-8-18(15-17)29-26(32)23-13-14-24(28)35-23)30-31-27(33)25-19-9-2-4-11-21(19)34-22-12-5-3-10-20(22)25/h2-15,25H,1H3,(H,29,32)(H,31,33)/b30-16-. The van der Waals surface area contributed by atoms with Crippen LogP contribution >= 0.6 is 22.9 Å². The molecule has 0 atom stereocenters. The van der Waals surface area contributed by atoms with Gasteiger partial charge in [-0.25, -0.2) is 5.43 Å². The summed E-state index contributed by atoms with van der Waals surface area (Å²) in [4.78, 5) is 26.3. The van der Waals surface area contributed by atoms with Crippen molar-refractivity contribution in [3.8, 4) is 11.5 Å². The smallest absolute Gasteiger partial charge is 0.265 e.